The van der Waals surface area contributed by atoms with Crippen molar-refractivity contribution >= 4 is 11.8 Å². The minimum Gasteiger partial charge on any atom is -0.300 e. The van der Waals surface area contributed by atoms with Crippen molar-refractivity contribution in [2.24, 2.45) is 23.6 Å². The SMILES string of the molecule is CN1CCSCC1C(CC1CC2CCC1C2)NN. The number of nitrogens with two attached hydrogens (primary N) is 1. The van der Waals surface area contributed by atoms with Gasteiger partial charge in [-0.05, 0) is 50.5 Å². The van der Waals surface area contributed by atoms with Crippen molar-refractivity contribution in [2.75, 3.05) is 25.1 Å². The Morgan fingerprint density at radius 2 is 2.28 bits per heavy atom. The molecule has 3 aliphatic rings. The van der Waals surface area contributed by atoms with Gasteiger partial charge in [0.25, 0.3) is 0 Å². The van der Waals surface area contributed by atoms with Crippen molar-refractivity contribution in [3.8, 4) is 0 Å². The standard InChI is InChI=1S/C14H27N3S/c1-17-4-5-18-9-14(17)13(16-15)8-12-7-10-2-3-11(12)6-10/h10-14,16H,2-9,15H2,1H3. The highest BCUT2D eigenvalue weighted by atomic mass is 32.2. The summed E-state index contributed by atoms with van der Waals surface area (Å²) in [6.07, 6.45) is 7.28. The summed E-state index contributed by atoms with van der Waals surface area (Å²) in [6, 6.07) is 1.13. The Morgan fingerprint density at radius 1 is 1.39 bits per heavy atom. The zero-order valence-corrected chi connectivity index (χ0v) is 12.3. The van der Waals surface area contributed by atoms with Crippen LogP contribution in [0.2, 0.25) is 0 Å². The van der Waals surface area contributed by atoms with Crippen LogP contribution >= 0.6 is 11.8 Å². The van der Waals surface area contributed by atoms with Crippen LogP contribution in [0, 0.1) is 17.8 Å². The van der Waals surface area contributed by atoms with Gasteiger partial charge in [0.15, 0.2) is 0 Å². The van der Waals surface area contributed by atoms with Crippen LogP contribution in [0.25, 0.3) is 0 Å². The molecule has 1 aliphatic heterocycles. The van der Waals surface area contributed by atoms with Gasteiger partial charge in [-0.2, -0.15) is 11.8 Å². The summed E-state index contributed by atoms with van der Waals surface area (Å²) in [5.41, 5.74) is 3.13. The smallest absolute Gasteiger partial charge is 0.0376 e. The van der Waals surface area contributed by atoms with Crippen LogP contribution in [-0.4, -0.2) is 42.1 Å². The Bertz CT molecular complexity index is 286. The second-order valence-electron chi connectivity index (χ2n) is 6.57. The summed E-state index contributed by atoms with van der Waals surface area (Å²) < 4.78 is 0. The lowest BCUT2D eigenvalue weighted by Crippen LogP contribution is -2.55. The Morgan fingerprint density at radius 3 is 2.89 bits per heavy atom. The lowest BCUT2D eigenvalue weighted by atomic mass is 9.83. The van der Waals surface area contributed by atoms with Crippen molar-refractivity contribution in [2.45, 2.75) is 44.2 Å². The summed E-state index contributed by atoms with van der Waals surface area (Å²) in [6.45, 7) is 1.21. The maximum absolute atomic E-state index is 5.86. The molecule has 3 N–H and O–H groups in total. The molecule has 3 fully saturated rings. The van der Waals surface area contributed by atoms with E-state index >= 15 is 0 Å². The van der Waals surface area contributed by atoms with Crippen molar-refractivity contribution in [1.82, 2.24) is 10.3 Å². The Kier molecular flexibility index (Phi) is 4.18. The molecular weight excluding hydrogens is 242 g/mol. The molecule has 1 heterocycles. The molecule has 3 rings (SSSR count). The molecule has 0 amide bonds. The molecule has 0 aromatic rings. The molecule has 5 atom stereocenters. The summed E-state index contributed by atoms with van der Waals surface area (Å²) in [4.78, 5) is 2.51. The zero-order valence-electron chi connectivity index (χ0n) is 11.5. The van der Waals surface area contributed by atoms with E-state index in [2.05, 4.69) is 29.1 Å². The molecule has 2 bridgehead atoms. The molecule has 2 saturated carbocycles. The molecule has 4 heteroatoms. The van der Waals surface area contributed by atoms with Crippen LogP contribution in [0.3, 0.4) is 0 Å². The molecule has 0 radical (unpaired) electrons. The normalized spacial score (nSPS) is 42.3. The Labute approximate surface area is 115 Å². The molecule has 1 saturated heterocycles. The quantitative estimate of drug-likeness (QED) is 0.602. The summed E-state index contributed by atoms with van der Waals surface area (Å²) in [5.74, 6) is 11.4. The Hall–Kier alpha value is 0.230. The van der Waals surface area contributed by atoms with Crippen LogP contribution in [0.5, 0.6) is 0 Å². The number of likely N-dealkylation sites (N-methyl/N-ethyl adjacent to an activating group) is 1. The van der Waals surface area contributed by atoms with Gasteiger partial charge in [-0.25, -0.2) is 0 Å². The number of rotatable bonds is 4. The van der Waals surface area contributed by atoms with E-state index in [-0.39, 0.29) is 0 Å². The molecule has 5 unspecified atom stereocenters. The van der Waals surface area contributed by atoms with Gasteiger partial charge in [0.05, 0.1) is 0 Å². The van der Waals surface area contributed by atoms with Gasteiger partial charge in [0, 0.05) is 30.1 Å². The van der Waals surface area contributed by atoms with Crippen molar-refractivity contribution in [3.05, 3.63) is 0 Å². The average Bonchev–Trinajstić information content (AvgIpc) is 2.99. The van der Waals surface area contributed by atoms with Crippen LogP contribution in [0.1, 0.15) is 32.1 Å². The van der Waals surface area contributed by atoms with E-state index in [1.165, 1.54) is 50.2 Å². The third kappa shape index (κ3) is 2.58. The lowest BCUT2D eigenvalue weighted by Gasteiger charge is -2.39. The van der Waals surface area contributed by atoms with Crippen LogP contribution in [0.15, 0.2) is 0 Å². The minimum atomic E-state index is 0.493. The highest BCUT2D eigenvalue weighted by Gasteiger charge is 2.41. The average molecular weight is 269 g/mol. The minimum absolute atomic E-state index is 0.493. The number of nitrogens with zero attached hydrogens (tertiary/aromatic N) is 1. The van der Waals surface area contributed by atoms with Gasteiger partial charge < -0.3 is 4.90 Å². The zero-order chi connectivity index (χ0) is 12.5. The molecule has 0 spiro atoms. The van der Waals surface area contributed by atoms with E-state index in [4.69, 9.17) is 5.84 Å². The number of thioether (sulfide) groups is 1. The third-order valence-electron chi connectivity index (χ3n) is 5.56. The van der Waals surface area contributed by atoms with Gasteiger partial charge in [-0.1, -0.05) is 6.42 Å². The molecule has 104 valence electrons. The number of nitrogens with one attached hydrogen (secondary N) is 1. The van der Waals surface area contributed by atoms with Crippen LogP contribution < -0.4 is 11.3 Å². The molecule has 0 aromatic heterocycles. The monoisotopic (exact) mass is 269 g/mol. The van der Waals surface area contributed by atoms with Gasteiger partial charge >= 0.3 is 0 Å². The molecule has 0 aromatic carbocycles. The van der Waals surface area contributed by atoms with E-state index in [0.717, 1.165) is 17.8 Å². The topological polar surface area (TPSA) is 41.3 Å². The van der Waals surface area contributed by atoms with Gasteiger partial charge in [0.2, 0.25) is 0 Å². The van der Waals surface area contributed by atoms with E-state index in [1.54, 1.807) is 0 Å². The summed E-state index contributed by atoms with van der Waals surface area (Å²) in [7, 11) is 2.26. The Balaban J connectivity index is 1.58. The summed E-state index contributed by atoms with van der Waals surface area (Å²) in [5, 5.41) is 0. The van der Waals surface area contributed by atoms with Gasteiger partial charge in [0.1, 0.15) is 0 Å². The highest BCUT2D eigenvalue weighted by Crippen LogP contribution is 2.50. The molecule has 18 heavy (non-hydrogen) atoms. The number of hydrogen-bond donors (Lipinski definition) is 2. The van der Waals surface area contributed by atoms with Crippen molar-refractivity contribution in [3.63, 3.8) is 0 Å². The van der Waals surface area contributed by atoms with Crippen LogP contribution in [-0.2, 0) is 0 Å². The molecular formula is C14H27N3S. The molecule has 2 aliphatic carbocycles. The second kappa shape index (κ2) is 5.70. The lowest BCUT2D eigenvalue weighted by molar-refractivity contribution is 0.177. The van der Waals surface area contributed by atoms with Crippen LogP contribution in [0.4, 0.5) is 0 Å². The fourth-order valence-electron chi connectivity index (χ4n) is 4.46. The van der Waals surface area contributed by atoms with E-state index < -0.39 is 0 Å². The second-order valence-corrected chi connectivity index (χ2v) is 7.72. The highest BCUT2D eigenvalue weighted by molar-refractivity contribution is 7.99. The van der Waals surface area contributed by atoms with E-state index in [0.29, 0.717) is 12.1 Å². The first kappa shape index (κ1) is 13.2. The first-order chi connectivity index (χ1) is 8.78. The fourth-order valence-corrected chi connectivity index (χ4v) is 5.77. The maximum atomic E-state index is 5.86. The predicted molar refractivity (Wildman–Crippen MR) is 78.4 cm³/mol. The predicted octanol–water partition coefficient (Wildman–Crippen LogP) is 1.69. The number of fused-ring (bicyclic) bond motifs is 2. The van der Waals surface area contributed by atoms with Crippen molar-refractivity contribution < 1.29 is 0 Å². The first-order valence-corrected chi connectivity index (χ1v) is 8.67. The maximum Gasteiger partial charge on any atom is 0.0376 e. The first-order valence-electron chi connectivity index (χ1n) is 7.52. The van der Waals surface area contributed by atoms with Gasteiger partial charge in [-0.3, -0.25) is 11.3 Å². The summed E-state index contributed by atoms with van der Waals surface area (Å²) >= 11 is 2.09. The number of hydrazine groups is 1. The van der Waals surface area contributed by atoms with E-state index in [1.807, 2.05) is 0 Å². The molecule has 3 nitrogen and oxygen atoms in total. The third-order valence-corrected chi connectivity index (χ3v) is 6.61. The van der Waals surface area contributed by atoms with Gasteiger partial charge in [-0.15, -0.1) is 0 Å². The fraction of sp³-hybridized carbons (Fsp3) is 1.00. The van der Waals surface area contributed by atoms with E-state index in [9.17, 15) is 0 Å². The largest absolute Gasteiger partial charge is 0.300 e. The van der Waals surface area contributed by atoms with Crippen molar-refractivity contribution in [1.29, 1.82) is 0 Å². The number of hydrogen-bond acceptors (Lipinski definition) is 4.